The summed E-state index contributed by atoms with van der Waals surface area (Å²) in [5.41, 5.74) is 1.32. The lowest BCUT2D eigenvalue weighted by atomic mass is 9.91. The SMILES string of the molecule is CC(C)(C)c1cc(C(=O)NCCC2CC2)cc(Cl)n1. The van der Waals surface area contributed by atoms with Crippen molar-refractivity contribution in [3.63, 3.8) is 0 Å². The van der Waals surface area contributed by atoms with Crippen LogP contribution in [-0.2, 0) is 5.41 Å². The van der Waals surface area contributed by atoms with Crippen LogP contribution >= 0.6 is 11.6 Å². The van der Waals surface area contributed by atoms with Crippen molar-refractivity contribution >= 4 is 17.5 Å². The van der Waals surface area contributed by atoms with Crippen molar-refractivity contribution in [2.45, 2.75) is 45.4 Å². The summed E-state index contributed by atoms with van der Waals surface area (Å²) in [5, 5.41) is 3.33. The third-order valence-corrected chi connectivity index (χ3v) is 3.55. The molecule has 0 aromatic carbocycles. The summed E-state index contributed by atoms with van der Waals surface area (Å²) in [5.74, 6) is 0.766. The molecule has 0 unspecified atom stereocenters. The predicted molar refractivity (Wildman–Crippen MR) is 77.6 cm³/mol. The quantitative estimate of drug-likeness (QED) is 0.857. The molecule has 1 N–H and O–H groups in total. The Morgan fingerprint density at radius 1 is 1.42 bits per heavy atom. The minimum Gasteiger partial charge on any atom is -0.352 e. The second-order valence-corrected chi connectivity index (χ2v) is 6.69. The molecule has 1 fully saturated rings. The molecule has 1 saturated carbocycles. The van der Waals surface area contributed by atoms with Crippen LogP contribution in [0.1, 0.15) is 56.1 Å². The van der Waals surface area contributed by atoms with Gasteiger partial charge in [-0.15, -0.1) is 0 Å². The van der Waals surface area contributed by atoms with Gasteiger partial charge in [-0.1, -0.05) is 45.2 Å². The minimum atomic E-state index is -0.117. The minimum absolute atomic E-state index is 0.0598. The number of hydrogen-bond acceptors (Lipinski definition) is 2. The molecular weight excluding hydrogens is 260 g/mol. The maximum absolute atomic E-state index is 12.1. The molecule has 104 valence electrons. The molecular formula is C15H21ClN2O. The van der Waals surface area contributed by atoms with E-state index < -0.39 is 0 Å². The Balaban J connectivity index is 2.05. The van der Waals surface area contributed by atoms with Crippen molar-refractivity contribution < 1.29 is 4.79 Å². The van der Waals surface area contributed by atoms with Gasteiger partial charge in [0.25, 0.3) is 5.91 Å². The Morgan fingerprint density at radius 3 is 2.68 bits per heavy atom. The van der Waals surface area contributed by atoms with Crippen LogP contribution in [0, 0.1) is 5.92 Å². The van der Waals surface area contributed by atoms with E-state index in [-0.39, 0.29) is 11.3 Å². The van der Waals surface area contributed by atoms with Gasteiger partial charge in [0, 0.05) is 23.2 Å². The van der Waals surface area contributed by atoms with E-state index in [0.29, 0.717) is 10.7 Å². The van der Waals surface area contributed by atoms with E-state index in [1.165, 1.54) is 12.8 Å². The van der Waals surface area contributed by atoms with Crippen LogP contribution in [0.4, 0.5) is 0 Å². The average molecular weight is 281 g/mol. The number of halogens is 1. The fourth-order valence-electron chi connectivity index (χ4n) is 1.91. The maximum atomic E-state index is 12.1. The molecule has 1 heterocycles. The summed E-state index contributed by atoms with van der Waals surface area (Å²) < 4.78 is 0. The van der Waals surface area contributed by atoms with Gasteiger partial charge >= 0.3 is 0 Å². The molecule has 1 amide bonds. The fraction of sp³-hybridized carbons (Fsp3) is 0.600. The molecule has 0 atom stereocenters. The summed E-state index contributed by atoms with van der Waals surface area (Å²) >= 11 is 6.00. The number of aromatic nitrogens is 1. The smallest absolute Gasteiger partial charge is 0.251 e. The third-order valence-electron chi connectivity index (χ3n) is 3.36. The summed E-state index contributed by atoms with van der Waals surface area (Å²) in [6.45, 7) is 6.91. The van der Waals surface area contributed by atoms with Gasteiger partial charge in [-0.25, -0.2) is 4.98 Å². The zero-order valence-corrected chi connectivity index (χ0v) is 12.5. The standard InChI is InChI=1S/C15H21ClN2O/c1-15(2,3)12-8-11(9-13(16)18-12)14(19)17-7-6-10-4-5-10/h8-10H,4-7H2,1-3H3,(H,17,19). The van der Waals surface area contributed by atoms with E-state index in [9.17, 15) is 4.79 Å². The van der Waals surface area contributed by atoms with Gasteiger partial charge in [0.15, 0.2) is 0 Å². The average Bonchev–Trinajstić information content (AvgIpc) is 3.11. The number of carbonyl (C=O) groups excluding carboxylic acids is 1. The lowest BCUT2D eigenvalue weighted by Gasteiger charge is -2.18. The highest BCUT2D eigenvalue weighted by molar-refractivity contribution is 6.29. The normalized spacial score (nSPS) is 15.4. The van der Waals surface area contributed by atoms with Crippen molar-refractivity contribution in [2.24, 2.45) is 5.92 Å². The second-order valence-electron chi connectivity index (χ2n) is 6.30. The van der Waals surface area contributed by atoms with Gasteiger partial charge in [-0.05, 0) is 24.5 Å². The summed E-state index contributed by atoms with van der Waals surface area (Å²) in [7, 11) is 0. The highest BCUT2D eigenvalue weighted by Crippen LogP contribution is 2.31. The van der Waals surface area contributed by atoms with E-state index in [4.69, 9.17) is 11.6 Å². The highest BCUT2D eigenvalue weighted by Gasteiger charge is 2.21. The Bertz CT molecular complexity index is 476. The van der Waals surface area contributed by atoms with Crippen LogP contribution in [0.15, 0.2) is 12.1 Å². The molecule has 0 radical (unpaired) electrons. The highest BCUT2D eigenvalue weighted by atomic mass is 35.5. The first-order valence-corrected chi connectivity index (χ1v) is 7.20. The fourth-order valence-corrected chi connectivity index (χ4v) is 2.12. The molecule has 1 aromatic rings. The zero-order valence-electron chi connectivity index (χ0n) is 11.8. The Hall–Kier alpha value is -1.09. The van der Waals surface area contributed by atoms with Gasteiger partial charge in [-0.2, -0.15) is 0 Å². The van der Waals surface area contributed by atoms with Crippen molar-refractivity contribution in [2.75, 3.05) is 6.54 Å². The monoisotopic (exact) mass is 280 g/mol. The second kappa shape index (κ2) is 5.49. The first-order chi connectivity index (χ1) is 8.86. The van der Waals surface area contributed by atoms with Gasteiger partial charge in [0.05, 0.1) is 0 Å². The molecule has 0 spiro atoms. The number of carbonyl (C=O) groups is 1. The van der Waals surface area contributed by atoms with E-state index in [1.54, 1.807) is 6.07 Å². The zero-order chi connectivity index (χ0) is 14.0. The first-order valence-electron chi connectivity index (χ1n) is 6.82. The largest absolute Gasteiger partial charge is 0.352 e. The van der Waals surface area contributed by atoms with Crippen molar-refractivity contribution in [1.82, 2.24) is 10.3 Å². The Kier molecular flexibility index (Phi) is 4.14. The molecule has 1 aliphatic carbocycles. The van der Waals surface area contributed by atoms with Gasteiger partial charge < -0.3 is 5.32 Å². The molecule has 4 heteroatoms. The van der Waals surface area contributed by atoms with Gasteiger partial charge in [0.1, 0.15) is 5.15 Å². The number of hydrogen-bond donors (Lipinski definition) is 1. The van der Waals surface area contributed by atoms with E-state index >= 15 is 0 Å². The van der Waals surface area contributed by atoms with Crippen LogP contribution in [0.3, 0.4) is 0 Å². The van der Waals surface area contributed by atoms with E-state index in [0.717, 1.165) is 24.6 Å². The Morgan fingerprint density at radius 2 is 2.11 bits per heavy atom. The number of amides is 1. The molecule has 1 aromatic heterocycles. The predicted octanol–water partition coefficient (Wildman–Crippen LogP) is 3.56. The number of rotatable bonds is 4. The summed E-state index contributed by atoms with van der Waals surface area (Å²) in [4.78, 5) is 16.4. The van der Waals surface area contributed by atoms with Crippen LogP contribution < -0.4 is 5.32 Å². The molecule has 1 aliphatic rings. The summed E-state index contributed by atoms with van der Waals surface area (Å²) in [6.07, 6.45) is 3.70. The van der Waals surface area contributed by atoms with Crippen molar-refractivity contribution in [3.05, 3.63) is 28.5 Å². The Labute approximate surface area is 119 Å². The van der Waals surface area contributed by atoms with Crippen LogP contribution in [0.25, 0.3) is 0 Å². The molecule has 19 heavy (non-hydrogen) atoms. The van der Waals surface area contributed by atoms with Crippen LogP contribution in [-0.4, -0.2) is 17.4 Å². The van der Waals surface area contributed by atoms with Crippen molar-refractivity contribution in [1.29, 1.82) is 0 Å². The third kappa shape index (κ3) is 4.20. The summed E-state index contributed by atoms with van der Waals surface area (Å²) in [6, 6.07) is 3.46. The first kappa shape index (κ1) is 14.3. The van der Waals surface area contributed by atoms with Crippen LogP contribution in [0.5, 0.6) is 0 Å². The number of nitrogens with zero attached hydrogens (tertiary/aromatic N) is 1. The van der Waals surface area contributed by atoms with Gasteiger partial charge in [-0.3, -0.25) is 4.79 Å². The van der Waals surface area contributed by atoms with E-state index in [1.807, 2.05) is 6.07 Å². The number of pyridine rings is 1. The van der Waals surface area contributed by atoms with Gasteiger partial charge in [0.2, 0.25) is 0 Å². The van der Waals surface area contributed by atoms with Crippen LogP contribution in [0.2, 0.25) is 5.15 Å². The lowest BCUT2D eigenvalue weighted by molar-refractivity contribution is 0.0952. The maximum Gasteiger partial charge on any atom is 0.251 e. The van der Waals surface area contributed by atoms with E-state index in [2.05, 4.69) is 31.1 Å². The molecule has 0 saturated heterocycles. The molecule has 3 nitrogen and oxygen atoms in total. The number of nitrogens with one attached hydrogen (secondary N) is 1. The molecule has 0 bridgehead atoms. The molecule has 0 aliphatic heterocycles. The topological polar surface area (TPSA) is 42.0 Å². The molecule has 2 rings (SSSR count). The van der Waals surface area contributed by atoms with Crippen molar-refractivity contribution in [3.8, 4) is 0 Å². The lowest BCUT2D eigenvalue weighted by Crippen LogP contribution is -2.25.